The van der Waals surface area contributed by atoms with Gasteiger partial charge in [-0.15, -0.1) is 11.3 Å². The molecule has 0 aromatic carbocycles. The molecule has 0 aliphatic carbocycles. The normalized spacial score (nSPS) is 13.0. The van der Waals surface area contributed by atoms with Crippen LogP contribution in [0.3, 0.4) is 0 Å². The Morgan fingerprint density at radius 2 is 2.47 bits per heavy atom. The molecule has 5 heteroatoms. The summed E-state index contributed by atoms with van der Waals surface area (Å²) in [5, 5.41) is 15.3. The average Bonchev–Trinajstić information content (AvgIpc) is 2.61. The molecule has 4 nitrogen and oxygen atoms in total. The number of methoxy groups -OCH3 is 1. The topological polar surface area (TPSA) is 54.4 Å². The van der Waals surface area contributed by atoms with Crippen molar-refractivity contribution in [2.45, 2.75) is 25.9 Å². The lowest BCUT2D eigenvalue weighted by Gasteiger charge is -2.15. The molecule has 1 aromatic rings. The van der Waals surface area contributed by atoms with E-state index in [2.05, 4.69) is 10.3 Å². The molecule has 0 radical (unpaired) electrons. The Morgan fingerprint density at radius 1 is 1.67 bits per heavy atom. The van der Waals surface area contributed by atoms with Crippen molar-refractivity contribution in [2.24, 2.45) is 0 Å². The molecule has 0 spiro atoms. The van der Waals surface area contributed by atoms with Crippen LogP contribution < -0.4 is 5.32 Å². The Labute approximate surface area is 94.3 Å². The second-order valence-electron chi connectivity index (χ2n) is 3.43. The number of aryl methyl sites for hydroxylation is 1. The largest absolute Gasteiger partial charge is 0.396 e. The van der Waals surface area contributed by atoms with Crippen LogP contribution in [-0.4, -0.2) is 36.5 Å². The summed E-state index contributed by atoms with van der Waals surface area (Å²) in [5.74, 6) is 0. The Morgan fingerprint density at radius 3 is 3.00 bits per heavy atom. The van der Waals surface area contributed by atoms with Gasteiger partial charge in [0.2, 0.25) is 0 Å². The lowest BCUT2D eigenvalue weighted by molar-refractivity contribution is 0.148. The van der Waals surface area contributed by atoms with Gasteiger partial charge in [-0.2, -0.15) is 0 Å². The van der Waals surface area contributed by atoms with Crippen LogP contribution >= 0.6 is 11.3 Å². The van der Waals surface area contributed by atoms with Crippen molar-refractivity contribution in [3.8, 4) is 0 Å². The zero-order valence-corrected chi connectivity index (χ0v) is 10.0. The zero-order chi connectivity index (χ0) is 11.1. The fourth-order valence-electron chi connectivity index (χ4n) is 1.32. The molecule has 86 valence electrons. The van der Waals surface area contributed by atoms with E-state index in [1.54, 1.807) is 18.4 Å². The van der Waals surface area contributed by atoms with E-state index in [1.807, 2.05) is 12.3 Å². The first kappa shape index (κ1) is 12.6. The number of aromatic nitrogens is 1. The summed E-state index contributed by atoms with van der Waals surface area (Å²) in [5.41, 5.74) is 1.06. The quantitative estimate of drug-likeness (QED) is 0.732. The highest BCUT2D eigenvalue weighted by Crippen LogP contribution is 2.08. The number of nitrogens with one attached hydrogen (secondary N) is 1. The minimum absolute atomic E-state index is 0.178. The molecule has 1 atom stereocenters. The summed E-state index contributed by atoms with van der Waals surface area (Å²) in [4.78, 5) is 4.36. The molecule has 0 fully saturated rings. The second kappa shape index (κ2) is 6.90. The van der Waals surface area contributed by atoms with Gasteiger partial charge in [-0.25, -0.2) is 4.98 Å². The van der Waals surface area contributed by atoms with Gasteiger partial charge in [-0.3, -0.25) is 0 Å². The van der Waals surface area contributed by atoms with Crippen LogP contribution in [0, 0.1) is 6.92 Å². The van der Waals surface area contributed by atoms with E-state index in [4.69, 9.17) is 9.84 Å². The van der Waals surface area contributed by atoms with Crippen molar-refractivity contribution in [3.63, 3.8) is 0 Å². The highest BCUT2D eigenvalue weighted by molar-refractivity contribution is 7.09. The minimum Gasteiger partial charge on any atom is -0.396 e. The van der Waals surface area contributed by atoms with Crippen molar-refractivity contribution in [3.05, 3.63) is 16.1 Å². The van der Waals surface area contributed by atoms with Gasteiger partial charge < -0.3 is 15.2 Å². The molecule has 0 saturated heterocycles. The highest BCUT2D eigenvalue weighted by Gasteiger charge is 2.07. The third-order valence-corrected chi connectivity index (χ3v) is 3.02. The number of thiazole rings is 1. The predicted molar refractivity (Wildman–Crippen MR) is 61.1 cm³/mol. The summed E-state index contributed by atoms with van der Waals surface area (Å²) in [6.07, 6.45) is 0.707. The molecule has 0 amide bonds. The number of aliphatic hydroxyl groups excluding tert-OH is 1. The van der Waals surface area contributed by atoms with Crippen LogP contribution in [0.15, 0.2) is 5.38 Å². The monoisotopic (exact) mass is 230 g/mol. The molecule has 0 saturated carbocycles. The van der Waals surface area contributed by atoms with Crippen LogP contribution in [0.25, 0.3) is 0 Å². The first-order chi connectivity index (χ1) is 7.26. The van der Waals surface area contributed by atoms with E-state index in [0.29, 0.717) is 13.0 Å². The maximum atomic E-state index is 8.86. The van der Waals surface area contributed by atoms with E-state index in [-0.39, 0.29) is 12.6 Å². The van der Waals surface area contributed by atoms with Crippen LogP contribution in [0.4, 0.5) is 0 Å². The minimum atomic E-state index is 0.178. The van der Waals surface area contributed by atoms with Crippen molar-refractivity contribution in [2.75, 3.05) is 20.3 Å². The number of rotatable bonds is 7. The second-order valence-corrected chi connectivity index (χ2v) is 4.37. The fraction of sp³-hybridized carbons (Fsp3) is 0.700. The van der Waals surface area contributed by atoms with Crippen LogP contribution in [0.2, 0.25) is 0 Å². The van der Waals surface area contributed by atoms with Gasteiger partial charge in [0.05, 0.1) is 6.61 Å². The Bertz CT molecular complexity index is 272. The van der Waals surface area contributed by atoms with Gasteiger partial charge >= 0.3 is 0 Å². The van der Waals surface area contributed by atoms with Crippen molar-refractivity contribution in [1.82, 2.24) is 10.3 Å². The lowest BCUT2D eigenvalue weighted by atomic mass is 10.2. The Hall–Kier alpha value is -0.490. The lowest BCUT2D eigenvalue weighted by Crippen LogP contribution is -2.33. The first-order valence-corrected chi connectivity index (χ1v) is 5.88. The van der Waals surface area contributed by atoms with E-state index in [9.17, 15) is 0 Å². The van der Waals surface area contributed by atoms with Crippen molar-refractivity contribution >= 4 is 11.3 Å². The fourth-order valence-corrected chi connectivity index (χ4v) is 2.04. The average molecular weight is 230 g/mol. The predicted octanol–water partition coefficient (Wildman–Crippen LogP) is 0.939. The molecular formula is C10H18N2O2S. The number of nitrogens with zero attached hydrogens (tertiary/aromatic N) is 1. The van der Waals surface area contributed by atoms with E-state index < -0.39 is 0 Å². The van der Waals surface area contributed by atoms with Gasteiger partial charge in [0.1, 0.15) is 5.01 Å². The summed E-state index contributed by atoms with van der Waals surface area (Å²) >= 11 is 1.65. The molecule has 1 rings (SSSR count). The molecular weight excluding hydrogens is 212 g/mol. The molecule has 0 aliphatic heterocycles. The smallest absolute Gasteiger partial charge is 0.107 e. The number of aliphatic hydroxyl groups is 1. The maximum Gasteiger partial charge on any atom is 0.107 e. The number of hydrogen-bond donors (Lipinski definition) is 2. The van der Waals surface area contributed by atoms with Crippen LogP contribution in [-0.2, 0) is 11.3 Å². The van der Waals surface area contributed by atoms with Crippen LogP contribution in [0.1, 0.15) is 17.1 Å². The Balaban J connectivity index is 2.32. The Kier molecular flexibility index (Phi) is 5.78. The molecule has 1 unspecified atom stereocenters. The van der Waals surface area contributed by atoms with E-state index in [1.165, 1.54) is 0 Å². The standard InChI is InChI=1S/C10H18N2O2S/c1-8-7-15-10(12-8)5-11-9(3-4-13)6-14-2/h7,9,11,13H,3-6H2,1-2H3. The SMILES string of the molecule is COCC(CCO)NCc1nc(C)cs1. The van der Waals surface area contributed by atoms with E-state index in [0.717, 1.165) is 17.2 Å². The van der Waals surface area contributed by atoms with Crippen LogP contribution in [0.5, 0.6) is 0 Å². The zero-order valence-electron chi connectivity index (χ0n) is 9.19. The molecule has 0 aliphatic rings. The molecule has 2 N–H and O–H groups in total. The van der Waals surface area contributed by atoms with Gasteiger partial charge in [0.15, 0.2) is 0 Å². The third kappa shape index (κ3) is 4.70. The third-order valence-electron chi connectivity index (χ3n) is 2.05. The molecule has 1 aromatic heterocycles. The van der Waals surface area contributed by atoms with Crippen molar-refractivity contribution < 1.29 is 9.84 Å². The summed E-state index contributed by atoms with van der Waals surface area (Å²) < 4.78 is 5.06. The summed E-state index contributed by atoms with van der Waals surface area (Å²) in [6.45, 7) is 3.52. The highest BCUT2D eigenvalue weighted by atomic mass is 32.1. The van der Waals surface area contributed by atoms with Gasteiger partial charge in [-0.1, -0.05) is 0 Å². The summed E-state index contributed by atoms with van der Waals surface area (Å²) in [7, 11) is 1.67. The molecule has 1 heterocycles. The molecule has 15 heavy (non-hydrogen) atoms. The van der Waals surface area contributed by atoms with Gasteiger partial charge in [0, 0.05) is 37.4 Å². The van der Waals surface area contributed by atoms with E-state index >= 15 is 0 Å². The van der Waals surface area contributed by atoms with Gasteiger partial charge in [-0.05, 0) is 13.3 Å². The first-order valence-electron chi connectivity index (χ1n) is 5.00. The number of ether oxygens (including phenoxy) is 1. The maximum absolute atomic E-state index is 8.86. The van der Waals surface area contributed by atoms with Crippen molar-refractivity contribution in [1.29, 1.82) is 0 Å². The molecule has 0 bridgehead atoms. The number of hydrogen-bond acceptors (Lipinski definition) is 5. The summed E-state index contributed by atoms with van der Waals surface area (Å²) in [6, 6.07) is 0.198. The van der Waals surface area contributed by atoms with Gasteiger partial charge in [0.25, 0.3) is 0 Å².